The SMILES string of the molecule is COc1ccc2c(c1)C(C)(C)C1(C=Cc3cc([N+](=O)[O-])cc(O)c3O1)N2CCO. The van der Waals surface area contributed by atoms with Crippen molar-refractivity contribution in [3.63, 3.8) is 0 Å². The van der Waals surface area contributed by atoms with Gasteiger partial charge in [-0.3, -0.25) is 10.1 Å². The van der Waals surface area contributed by atoms with Crippen LogP contribution in [0, 0.1) is 10.1 Å². The van der Waals surface area contributed by atoms with Crippen LogP contribution in [0.4, 0.5) is 11.4 Å². The van der Waals surface area contributed by atoms with Crippen LogP contribution in [-0.2, 0) is 5.41 Å². The maximum Gasteiger partial charge on any atom is 0.274 e. The molecule has 2 heterocycles. The third kappa shape index (κ3) is 2.56. The van der Waals surface area contributed by atoms with Crippen LogP contribution in [0.2, 0.25) is 0 Å². The van der Waals surface area contributed by atoms with E-state index < -0.39 is 16.1 Å². The van der Waals surface area contributed by atoms with Crippen LogP contribution in [0.1, 0.15) is 25.0 Å². The Morgan fingerprint density at radius 3 is 2.69 bits per heavy atom. The van der Waals surface area contributed by atoms with E-state index in [-0.39, 0.29) is 23.8 Å². The third-order valence-corrected chi connectivity index (χ3v) is 5.83. The van der Waals surface area contributed by atoms with Gasteiger partial charge in [0.05, 0.1) is 30.1 Å². The van der Waals surface area contributed by atoms with Gasteiger partial charge in [0.15, 0.2) is 11.5 Å². The molecule has 0 fully saturated rings. The fourth-order valence-electron chi connectivity index (χ4n) is 4.31. The molecule has 0 radical (unpaired) electrons. The first-order valence-electron chi connectivity index (χ1n) is 9.22. The lowest BCUT2D eigenvalue weighted by Gasteiger charge is -2.47. The molecule has 2 aliphatic heterocycles. The predicted molar refractivity (Wildman–Crippen MR) is 108 cm³/mol. The van der Waals surface area contributed by atoms with Gasteiger partial charge < -0.3 is 24.6 Å². The zero-order valence-electron chi connectivity index (χ0n) is 16.4. The highest BCUT2D eigenvalue weighted by molar-refractivity contribution is 5.75. The Kier molecular flexibility index (Phi) is 4.20. The highest BCUT2D eigenvalue weighted by Gasteiger charge is 2.59. The van der Waals surface area contributed by atoms with E-state index in [0.29, 0.717) is 17.9 Å². The van der Waals surface area contributed by atoms with Crippen molar-refractivity contribution in [3.8, 4) is 17.2 Å². The summed E-state index contributed by atoms with van der Waals surface area (Å²) in [6, 6.07) is 8.16. The fourth-order valence-corrected chi connectivity index (χ4v) is 4.31. The van der Waals surface area contributed by atoms with Gasteiger partial charge in [-0.05, 0) is 49.8 Å². The number of phenols is 1. The average molecular weight is 398 g/mol. The van der Waals surface area contributed by atoms with Gasteiger partial charge in [-0.1, -0.05) is 0 Å². The first-order chi connectivity index (χ1) is 13.7. The van der Waals surface area contributed by atoms with Gasteiger partial charge >= 0.3 is 0 Å². The smallest absolute Gasteiger partial charge is 0.274 e. The number of β-amino-alcohol motifs (C(OH)–C–C–N with tert-alkyl or cyclic N) is 1. The summed E-state index contributed by atoms with van der Waals surface area (Å²) < 4.78 is 11.8. The van der Waals surface area contributed by atoms with Crippen molar-refractivity contribution < 1.29 is 24.6 Å². The lowest BCUT2D eigenvalue weighted by atomic mass is 9.76. The Balaban J connectivity index is 1.89. The van der Waals surface area contributed by atoms with Crippen molar-refractivity contribution in [2.45, 2.75) is 25.0 Å². The van der Waals surface area contributed by atoms with Crippen LogP contribution in [0.5, 0.6) is 17.2 Å². The molecule has 2 N–H and O–H groups in total. The standard InChI is InChI=1S/C21H22N2O6/c1-20(2)16-12-15(28-3)4-5-17(16)22(8-9-24)21(20)7-6-13-10-14(23(26)27)11-18(25)19(13)29-21/h4-7,10-12,24-25H,8-9H2,1-3H3. The molecule has 4 rings (SSSR count). The predicted octanol–water partition coefficient (Wildman–Crippen LogP) is 3.20. The molecule has 1 spiro atoms. The molecular weight excluding hydrogens is 376 g/mol. The number of methoxy groups -OCH3 is 1. The van der Waals surface area contributed by atoms with Gasteiger partial charge in [0.1, 0.15) is 5.75 Å². The van der Waals surface area contributed by atoms with E-state index in [9.17, 15) is 20.3 Å². The van der Waals surface area contributed by atoms with Crippen LogP contribution in [0.3, 0.4) is 0 Å². The highest BCUT2D eigenvalue weighted by atomic mass is 16.6. The van der Waals surface area contributed by atoms with E-state index >= 15 is 0 Å². The lowest BCUT2D eigenvalue weighted by molar-refractivity contribution is -0.385. The first-order valence-corrected chi connectivity index (χ1v) is 9.22. The molecule has 29 heavy (non-hydrogen) atoms. The second-order valence-corrected chi connectivity index (χ2v) is 7.66. The molecule has 2 aromatic rings. The minimum atomic E-state index is -1.04. The number of nitro groups is 1. The molecule has 152 valence electrons. The number of fused-ring (bicyclic) bond motifs is 2. The van der Waals surface area contributed by atoms with Crippen LogP contribution in [0.25, 0.3) is 6.08 Å². The molecule has 1 atom stereocenters. The minimum absolute atomic E-state index is 0.0976. The van der Waals surface area contributed by atoms with Crippen LogP contribution < -0.4 is 14.4 Å². The summed E-state index contributed by atoms with van der Waals surface area (Å²) in [7, 11) is 1.60. The van der Waals surface area contributed by atoms with Gasteiger partial charge in [-0.2, -0.15) is 0 Å². The molecule has 0 saturated heterocycles. The third-order valence-electron chi connectivity index (χ3n) is 5.83. The van der Waals surface area contributed by atoms with Gasteiger partial charge in [0.2, 0.25) is 5.72 Å². The van der Waals surface area contributed by atoms with Crippen molar-refractivity contribution in [3.05, 3.63) is 57.6 Å². The van der Waals surface area contributed by atoms with Crippen LogP contribution in [0.15, 0.2) is 36.4 Å². The van der Waals surface area contributed by atoms with E-state index in [4.69, 9.17) is 9.47 Å². The summed E-state index contributed by atoms with van der Waals surface area (Å²) in [5, 5.41) is 31.3. The molecule has 0 bridgehead atoms. The second-order valence-electron chi connectivity index (χ2n) is 7.66. The molecule has 8 heteroatoms. The maximum atomic E-state index is 11.1. The molecule has 0 aromatic heterocycles. The number of anilines is 1. The quantitative estimate of drug-likeness (QED) is 0.602. The van der Waals surface area contributed by atoms with Gasteiger partial charge in [-0.25, -0.2) is 0 Å². The van der Waals surface area contributed by atoms with Crippen molar-refractivity contribution in [1.82, 2.24) is 0 Å². The maximum absolute atomic E-state index is 11.1. The van der Waals surface area contributed by atoms with E-state index in [2.05, 4.69) is 0 Å². The molecule has 0 saturated carbocycles. The molecule has 8 nitrogen and oxygen atoms in total. The number of rotatable bonds is 4. The zero-order chi connectivity index (χ0) is 21.0. The number of phenolic OH excluding ortho intramolecular Hbond substituents is 1. The van der Waals surface area contributed by atoms with Gasteiger partial charge in [0.25, 0.3) is 5.69 Å². The van der Waals surface area contributed by atoms with Crippen molar-refractivity contribution in [1.29, 1.82) is 0 Å². The van der Waals surface area contributed by atoms with Gasteiger partial charge in [-0.15, -0.1) is 0 Å². The minimum Gasteiger partial charge on any atom is -0.504 e. The summed E-state index contributed by atoms with van der Waals surface area (Å²) in [5.74, 6) is 0.580. The molecule has 0 amide bonds. The number of benzene rings is 2. The number of aliphatic hydroxyl groups excluding tert-OH is 1. The Morgan fingerprint density at radius 1 is 1.28 bits per heavy atom. The van der Waals surface area contributed by atoms with Crippen LogP contribution in [-0.4, -0.2) is 41.1 Å². The zero-order valence-corrected chi connectivity index (χ0v) is 16.4. The molecule has 2 aliphatic rings. The Hall–Kier alpha value is -3.26. The number of nitrogens with zero attached hydrogens (tertiary/aromatic N) is 2. The number of ether oxygens (including phenoxy) is 2. The summed E-state index contributed by atoms with van der Waals surface area (Å²) in [4.78, 5) is 12.5. The number of nitro benzene ring substituents is 1. The van der Waals surface area contributed by atoms with E-state index in [0.717, 1.165) is 17.3 Å². The molecular formula is C21H22N2O6. The van der Waals surface area contributed by atoms with Gasteiger partial charge in [0, 0.05) is 23.9 Å². The van der Waals surface area contributed by atoms with E-state index in [1.165, 1.54) is 6.07 Å². The lowest BCUT2D eigenvalue weighted by Crippen LogP contribution is -2.60. The number of hydrogen-bond donors (Lipinski definition) is 2. The summed E-state index contributed by atoms with van der Waals surface area (Å²) in [6.07, 6.45) is 3.56. The van der Waals surface area contributed by atoms with Crippen LogP contribution >= 0.6 is 0 Å². The first kappa shape index (κ1) is 19.1. The Labute approximate surface area is 167 Å². The van der Waals surface area contributed by atoms with Crippen molar-refractivity contribution in [2.24, 2.45) is 0 Å². The normalized spacial score (nSPS) is 20.9. The fraction of sp³-hybridized carbons (Fsp3) is 0.333. The number of hydrogen-bond acceptors (Lipinski definition) is 7. The number of non-ortho nitro benzene ring substituents is 1. The topological polar surface area (TPSA) is 105 Å². The average Bonchev–Trinajstić information content (AvgIpc) is 2.87. The number of aromatic hydroxyl groups is 1. The summed E-state index contributed by atoms with van der Waals surface area (Å²) >= 11 is 0. The number of aliphatic hydroxyl groups is 1. The molecule has 1 unspecified atom stereocenters. The van der Waals surface area contributed by atoms with Crippen molar-refractivity contribution >= 4 is 17.5 Å². The Morgan fingerprint density at radius 2 is 2.03 bits per heavy atom. The van der Waals surface area contributed by atoms with E-state index in [1.807, 2.05) is 43.0 Å². The Bertz CT molecular complexity index is 1030. The van der Waals surface area contributed by atoms with E-state index in [1.54, 1.807) is 13.2 Å². The monoisotopic (exact) mass is 398 g/mol. The molecule has 0 aliphatic carbocycles. The summed E-state index contributed by atoms with van der Waals surface area (Å²) in [6.45, 7) is 4.23. The molecule has 2 aromatic carbocycles. The largest absolute Gasteiger partial charge is 0.504 e. The summed E-state index contributed by atoms with van der Waals surface area (Å²) in [5.41, 5.74) is 0.450. The second kappa shape index (κ2) is 6.38. The van der Waals surface area contributed by atoms with Crippen molar-refractivity contribution in [2.75, 3.05) is 25.2 Å². The highest BCUT2D eigenvalue weighted by Crippen LogP contribution is 2.56.